The normalized spacial score (nSPS) is 27.0. The van der Waals surface area contributed by atoms with Crippen molar-refractivity contribution in [2.45, 2.75) is 58.7 Å². The molecule has 4 aliphatic rings. The van der Waals surface area contributed by atoms with E-state index >= 15 is 0 Å². The van der Waals surface area contributed by atoms with Crippen LogP contribution in [0.2, 0.25) is 0 Å². The van der Waals surface area contributed by atoms with Gasteiger partial charge < -0.3 is 4.90 Å². The summed E-state index contributed by atoms with van der Waals surface area (Å²) in [5.41, 5.74) is 3.66. The van der Waals surface area contributed by atoms with Crippen LogP contribution in [0.5, 0.6) is 0 Å². The van der Waals surface area contributed by atoms with Crippen molar-refractivity contribution in [2.24, 2.45) is 11.8 Å². The van der Waals surface area contributed by atoms with Gasteiger partial charge in [-0.2, -0.15) is 5.10 Å². The summed E-state index contributed by atoms with van der Waals surface area (Å²) in [6.45, 7) is 12.7. The number of piperidine rings is 1. The highest BCUT2D eigenvalue weighted by Crippen LogP contribution is 2.36. The van der Waals surface area contributed by atoms with Crippen molar-refractivity contribution >= 4 is 5.91 Å². The minimum atomic E-state index is 0.196. The molecule has 5 nitrogen and oxygen atoms in total. The molecule has 1 aliphatic carbocycles. The molecule has 0 N–H and O–H groups in total. The van der Waals surface area contributed by atoms with E-state index in [1.807, 2.05) is 10.8 Å². The summed E-state index contributed by atoms with van der Waals surface area (Å²) in [5, 5.41) is 4.66. The van der Waals surface area contributed by atoms with Crippen molar-refractivity contribution in [3.05, 3.63) is 29.6 Å². The number of amides is 1. The van der Waals surface area contributed by atoms with E-state index in [0.717, 1.165) is 50.8 Å². The third-order valence-electron chi connectivity index (χ3n) is 6.24. The van der Waals surface area contributed by atoms with E-state index in [9.17, 15) is 4.79 Å². The predicted octanol–water partition coefficient (Wildman–Crippen LogP) is 2.52. The fraction of sp³-hybridized carbons (Fsp3) is 0.700. The Morgan fingerprint density at radius 2 is 2.00 bits per heavy atom. The van der Waals surface area contributed by atoms with Crippen LogP contribution in [0.4, 0.5) is 0 Å². The van der Waals surface area contributed by atoms with E-state index in [1.54, 1.807) is 0 Å². The van der Waals surface area contributed by atoms with Crippen LogP contribution in [0.3, 0.4) is 0 Å². The van der Waals surface area contributed by atoms with Crippen LogP contribution in [-0.4, -0.2) is 51.2 Å². The summed E-state index contributed by atoms with van der Waals surface area (Å²) < 4.78 is 2.04. The lowest BCUT2D eigenvalue weighted by Crippen LogP contribution is -2.48. The Bertz CT molecular complexity index is 675. The van der Waals surface area contributed by atoms with Crippen LogP contribution in [0.25, 0.3) is 0 Å². The number of carbonyl (C=O) groups is 1. The molecule has 2 atom stereocenters. The highest BCUT2D eigenvalue weighted by Gasteiger charge is 2.42. The van der Waals surface area contributed by atoms with Crippen LogP contribution in [0, 0.1) is 25.7 Å². The Hall–Kier alpha value is -1.62. The fourth-order valence-corrected chi connectivity index (χ4v) is 4.56. The van der Waals surface area contributed by atoms with Crippen molar-refractivity contribution in [1.82, 2.24) is 19.6 Å². The summed E-state index contributed by atoms with van der Waals surface area (Å²) in [5.74, 6) is 1.39. The van der Waals surface area contributed by atoms with E-state index in [4.69, 9.17) is 0 Å². The molecule has 4 heterocycles. The minimum Gasteiger partial charge on any atom is -0.338 e. The van der Waals surface area contributed by atoms with E-state index in [-0.39, 0.29) is 5.92 Å². The van der Waals surface area contributed by atoms with E-state index < -0.39 is 0 Å². The quantitative estimate of drug-likeness (QED) is 0.746. The van der Waals surface area contributed by atoms with Gasteiger partial charge in [-0.25, -0.2) is 0 Å². The Morgan fingerprint density at radius 1 is 1.20 bits per heavy atom. The molecular weight excluding hydrogens is 312 g/mol. The van der Waals surface area contributed by atoms with Gasteiger partial charge in [0.05, 0.1) is 18.2 Å². The first-order valence-electron chi connectivity index (χ1n) is 9.73. The number of aryl methyl sites for hydroxylation is 1. The van der Waals surface area contributed by atoms with Gasteiger partial charge in [-0.15, -0.1) is 6.58 Å². The SMILES string of the molecule is C=CCn1nc(C)c(CN2CC3CCC(C2)N(CC2CC2)C3=O)c1C. The molecule has 5 heteroatoms. The zero-order valence-corrected chi connectivity index (χ0v) is 15.6. The molecule has 1 saturated carbocycles. The first-order chi connectivity index (χ1) is 12.1. The van der Waals surface area contributed by atoms with Gasteiger partial charge >= 0.3 is 0 Å². The standard InChI is InChI=1S/C20H30N4O/c1-4-9-24-15(3)19(14(2)21-24)13-22-11-17-7-8-18(12-22)23(20(17)25)10-16-5-6-16/h4,16-18H,1,5-13H2,2-3H3. The zero-order valence-electron chi connectivity index (χ0n) is 15.6. The van der Waals surface area contributed by atoms with E-state index in [2.05, 4.69) is 35.3 Å². The van der Waals surface area contributed by atoms with Crippen LogP contribution >= 0.6 is 0 Å². The predicted molar refractivity (Wildman–Crippen MR) is 98.1 cm³/mol. The van der Waals surface area contributed by atoms with E-state index in [0.29, 0.717) is 11.9 Å². The molecule has 3 aliphatic heterocycles. The Labute approximate surface area is 150 Å². The molecule has 25 heavy (non-hydrogen) atoms. The number of fused-ring (bicyclic) bond motifs is 4. The van der Waals surface area contributed by atoms with Crippen molar-refractivity contribution in [2.75, 3.05) is 19.6 Å². The summed E-state index contributed by atoms with van der Waals surface area (Å²) in [4.78, 5) is 17.6. The molecule has 0 aromatic carbocycles. The molecule has 4 fully saturated rings. The lowest BCUT2D eigenvalue weighted by molar-refractivity contribution is -0.140. The number of aromatic nitrogens is 2. The van der Waals surface area contributed by atoms with Gasteiger partial charge in [-0.05, 0) is 45.4 Å². The van der Waals surface area contributed by atoms with Crippen LogP contribution in [0.15, 0.2) is 12.7 Å². The second-order valence-electron chi connectivity index (χ2n) is 8.18. The highest BCUT2D eigenvalue weighted by molar-refractivity contribution is 5.80. The van der Waals surface area contributed by atoms with Gasteiger partial charge in [0.25, 0.3) is 0 Å². The summed E-state index contributed by atoms with van der Waals surface area (Å²) >= 11 is 0. The number of allylic oxidation sites excluding steroid dienone is 1. The van der Waals surface area contributed by atoms with E-state index in [1.165, 1.54) is 30.5 Å². The topological polar surface area (TPSA) is 41.4 Å². The number of carbonyl (C=O) groups excluding carboxylic acids is 1. The van der Waals surface area contributed by atoms with Gasteiger partial charge in [0.2, 0.25) is 5.91 Å². The lowest BCUT2D eigenvalue weighted by atomic mass is 9.94. The number of rotatable bonds is 6. The van der Waals surface area contributed by atoms with Crippen molar-refractivity contribution < 1.29 is 4.79 Å². The molecule has 136 valence electrons. The number of nitrogens with zero attached hydrogens (tertiary/aromatic N) is 4. The summed E-state index contributed by atoms with van der Waals surface area (Å²) in [6.07, 6.45) is 6.75. The molecule has 2 unspecified atom stereocenters. The van der Waals surface area contributed by atoms with Crippen molar-refractivity contribution in [3.63, 3.8) is 0 Å². The lowest BCUT2D eigenvalue weighted by Gasteiger charge is -2.36. The number of hydrogen-bond donors (Lipinski definition) is 0. The average Bonchev–Trinajstić information content (AvgIpc) is 3.39. The van der Waals surface area contributed by atoms with Gasteiger partial charge in [-0.3, -0.25) is 14.4 Å². The maximum Gasteiger partial charge on any atom is 0.227 e. The van der Waals surface area contributed by atoms with Gasteiger partial charge in [-0.1, -0.05) is 6.08 Å². The van der Waals surface area contributed by atoms with Crippen molar-refractivity contribution in [1.29, 1.82) is 0 Å². The second kappa shape index (κ2) is 6.60. The van der Waals surface area contributed by atoms with Gasteiger partial charge in [0, 0.05) is 43.5 Å². The molecule has 1 amide bonds. The third kappa shape index (κ3) is 3.26. The maximum atomic E-state index is 12.9. The Kier molecular flexibility index (Phi) is 4.44. The van der Waals surface area contributed by atoms with Gasteiger partial charge in [0.1, 0.15) is 0 Å². The largest absolute Gasteiger partial charge is 0.338 e. The molecule has 0 spiro atoms. The van der Waals surface area contributed by atoms with Crippen molar-refractivity contribution in [3.8, 4) is 0 Å². The third-order valence-corrected chi connectivity index (χ3v) is 6.24. The molecule has 0 radical (unpaired) electrons. The molecule has 1 aromatic rings. The summed E-state index contributed by atoms with van der Waals surface area (Å²) in [7, 11) is 0. The first kappa shape index (κ1) is 16.8. The van der Waals surface area contributed by atoms with Crippen LogP contribution in [-0.2, 0) is 17.9 Å². The monoisotopic (exact) mass is 342 g/mol. The smallest absolute Gasteiger partial charge is 0.227 e. The molecule has 2 bridgehead atoms. The fourth-order valence-electron chi connectivity index (χ4n) is 4.56. The minimum absolute atomic E-state index is 0.196. The summed E-state index contributed by atoms with van der Waals surface area (Å²) in [6, 6.07) is 0.413. The van der Waals surface area contributed by atoms with Crippen LogP contribution < -0.4 is 0 Å². The Morgan fingerprint density at radius 3 is 2.72 bits per heavy atom. The maximum absolute atomic E-state index is 12.9. The first-order valence-corrected chi connectivity index (χ1v) is 9.73. The molecule has 1 aromatic heterocycles. The van der Waals surface area contributed by atoms with Crippen LogP contribution in [0.1, 0.15) is 42.6 Å². The number of hydrogen-bond acceptors (Lipinski definition) is 3. The molecule has 3 saturated heterocycles. The van der Waals surface area contributed by atoms with Gasteiger partial charge in [0.15, 0.2) is 0 Å². The molecular formula is C20H30N4O. The highest BCUT2D eigenvalue weighted by atomic mass is 16.2. The molecule has 5 rings (SSSR count). The second-order valence-corrected chi connectivity index (χ2v) is 8.18. The zero-order chi connectivity index (χ0) is 17.6. The Balaban J connectivity index is 1.51. The average molecular weight is 342 g/mol.